The van der Waals surface area contributed by atoms with Crippen molar-refractivity contribution in [3.05, 3.63) is 36.5 Å². The van der Waals surface area contributed by atoms with Gasteiger partial charge in [0, 0.05) is 12.8 Å². The molecule has 0 aromatic rings. The molecule has 0 radical (unpaired) electrons. The Morgan fingerprint density at radius 3 is 1.03 bits per heavy atom. The van der Waals surface area contributed by atoms with Gasteiger partial charge in [-0.05, 0) is 83.5 Å². The molecule has 0 aliphatic heterocycles. The second kappa shape index (κ2) is 64.6. The Bertz CT molecular complexity index is 1210. The summed E-state index contributed by atoms with van der Waals surface area (Å²) < 4.78 is 5.49. The first kappa shape index (κ1) is 73.1. The number of carbonyl (C=O) groups is 2. The number of unbranched alkanes of at least 4 members (excludes halogenated alkanes) is 46. The molecule has 6 nitrogen and oxygen atoms in total. The molecule has 0 fully saturated rings. The Labute approximate surface area is 468 Å². The van der Waals surface area contributed by atoms with Gasteiger partial charge in [-0.25, -0.2) is 0 Å². The van der Waals surface area contributed by atoms with Gasteiger partial charge in [0.25, 0.3) is 0 Å². The maximum atomic E-state index is 12.5. The van der Waals surface area contributed by atoms with E-state index in [9.17, 15) is 19.8 Å². The quantitative estimate of drug-likeness (QED) is 0.0320. The highest BCUT2D eigenvalue weighted by Gasteiger charge is 2.20. The highest BCUT2D eigenvalue weighted by molar-refractivity contribution is 5.76. The molecule has 0 aromatic carbocycles. The van der Waals surface area contributed by atoms with E-state index in [4.69, 9.17) is 4.74 Å². The minimum absolute atomic E-state index is 0.00200. The van der Waals surface area contributed by atoms with Gasteiger partial charge in [0.05, 0.1) is 25.4 Å². The molecular weight excluding hydrogens is 923 g/mol. The van der Waals surface area contributed by atoms with Gasteiger partial charge < -0.3 is 20.3 Å². The van der Waals surface area contributed by atoms with Crippen LogP contribution in [-0.4, -0.2) is 47.4 Å². The zero-order chi connectivity index (χ0) is 54.3. The molecular formula is C69H131NO5. The molecule has 0 saturated heterocycles. The summed E-state index contributed by atoms with van der Waals surface area (Å²) in [5.41, 5.74) is 0. The molecule has 2 atom stereocenters. The second-order valence-electron chi connectivity index (χ2n) is 23.1. The Kier molecular flexibility index (Phi) is 63.0. The van der Waals surface area contributed by atoms with Crippen molar-refractivity contribution in [2.24, 2.45) is 0 Å². The highest BCUT2D eigenvalue weighted by Crippen LogP contribution is 2.18. The summed E-state index contributed by atoms with van der Waals surface area (Å²) in [6.45, 7) is 4.97. The first-order chi connectivity index (χ1) is 37.0. The normalized spacial score (nSPS) is 12.7. The number of hydrogen-bond acceptors (Lipinski definition) is 5. The molecule has 6 heteroatoms. The molecule has 0 heterocycles. The second-order valence-corrected chi connectivity index (χ2v) is 23.1. The van der Waals surface area contributed by atoms with Gasteiger partial charge in [-0.2, -0.15) is 0 Å². The summed E-state index contributed by atoms with van der Waals surface area (Å²) >= 11 is 0. The summed E-state index contributed by atoms with van der Waals surface area (Å²) in [7, 11) is 0. The van der Waals surface area contributed by atoms with Crippen LogP contribution in [0.4, 0.5) is 0 Å². The summed E-state index contributed by atoms with van der Waals surface area (Å²) in [5, 5.41) is 23.3. The number of aliphatic hydroxyl groups is 2. The van der Waals surface area contributed by atoms with Crippen molar-refractivity contribution in [2.45, 2.75) is 379 Å². The van der Waals surface area contributed by atoms with Crippen LogP contribution in [0.2, 0.25) is 0 Å². The van der Waals surface area contributed by atoms with E-state index in [0.717, 1.165) is 51.4 Å². The van der Waals surface area contributed by atoms with Crippen LogP contribution in [0.25, 0.3) is 0 Å². The summed E-state index contributed by atoms with van der Waals surface area (Å²) in [6, 6.07) is -0.547. The molecule has 0 aromatic heterocycles. The zero-order valence-electron chi connectivity index (χ0n) is 50.5. The van der Waals surface area contributed by atoms with Gasteiger partial charge in [0.2, 0.25) is 5.91 Å². The van der Waals surface area contributed by atoms with Gasteiger partial charge in [-0.15, -0.1) is 0 Å². The summed E-state index contributed by atoms with van der Waals surface area (Å²) in [5.74, 6) is -0.0367. The number of ether oxygens (including phenoxy) is 1. The van der Waals surface area contributed by atoms with Crippen molar-refractivity contribution in [3.8, 4) is 0 Å². The predicted molar refractivity (Wildman–Crippen MR) is 329 cm³/mol. The van der Waals surface area contributed by atoms with E-state index < -0.39 is 12.1 Å². The number of carbonyl (C=O) groups excluding carboxylic acids is 2. The largest absolute Gasteiger partial charge is 0.466 e. The van der Waals surface area contributed by atoms with Crippen LogP contribution in [-0.2, 0) is 14.3 Å². The van der Waals surface area contributed by atoms with Crippen molar-refractivity contribution in [2.75, 3.05) is 13.2 Å². The third-order valence-electron chi connectivity index (χ3n) is 15.7. The number of amides is 1. The third-order valence-corrected chi connectivity index (χ3v) is 15.7. The van der Waals surface area contributed by atoms with Crippen LogP contribution in [0.3, 0.4) is 0 Å². The minimum atomic E-state index is -0.669. The van der Waals surface area contributed by atoms with Gasteiger partial charge >= 0.3 is 5.97 Å². The van der Waals surface area contributed by atoms with Gasteiger partial charge in [0.15, 0.2) is 0 Å². The SMILES string of the molecule is CCCCCCCCC/C=C\CCCCCCCC(=O)OCCCCCCCCCCC/C=C\C/C=C\CCCCCCCCCCCC(=O)NC(CO)C(O)CCCCCCCCCCCCCCCCCCC. The smallest absolute Gasteiger partial charge is 0.305 e. The molecule has 0 aliphatic carbocycles. The monoisotopic (exact) mass is 1050 g/mol. The van der Waals surface area contributed by atoms with Gasteiger partial charge in [-0.3, -0.25) is 9.59 Å². The molecule has 3 N–H and O–H groups in total. The van der Waals surface area contributed by atoms with Crippen LogP contribution < -0.4 is 5.32 Å². The van der Waals surface area contributed by atoms with Crippen molar-refractivity contribution >= 4 is 11.9 Å². The lowest BCUT2D eigenvalue weighted by Gasteiger charge is -2.22. The van der Waals surface area contributed by atoms with Crippen LogP contribution in [0.15, 0.2) is 36.5 Å². The zero-order valence-corrected chi connectivity index (χ0v) is 50.5. The predicted octanol–water partition coefficient (Wildman–Crippen LogP) is 21.5. The molecule has 0 bridgehead atoms. The number of aliphatic hydroxyl groups excluding tert-OH is 2. The Balaban J connectivity index is 3.43. The van der Waals surface area contributed by atoms with Crippen molar-refractivity contribution in [1.82, 2.24) is 5.32 Å². The van der Waals surface area contributed by atoms with Crippen molar-refractivity contribution < 1.29 is 24.5 Å². The first-order valence-corrected chi connectivity index (χ1v) is 33.7. The van der Waals surface area contributed by atoms with Crippen molar-refractivity contribution in [1.29, 1.82) is 0 Å². The van der Waals surface area contributed by atoms with E-state index in [-0.39, 0.29) is 18.5 Å². The van der Waals surface area contributed by atoms with E-state index in [2.05, 4.69) is 55.6 Å². The van der Waals surface area contributed by atoms with Crippen LogP contribution in [0.1, 0.15) is 367 Å². The van der Waals surface area contributed by atoms with Gasteiger partial charge in [0.1, 0.15) is 0 Å². The Morgan fingerprint density at radius 1 is 0.373 bits per heavy atom. The molecule has 0 spiro atoms. The maximum absolute atomic E-state index is 12.5. The minimum Gasteiger partial charge on any atom is -0.466 e. The fourth-order valence-corrected chi connectivity index (χ4v) is 10.5. The topological polar surface area (TPSA) is 95.9 Å². The summed E-state index contributed by atoms with van der Waals surface area (Å²) in [4.78, 5) is 24.6. The average molecular weight is 1050 g/mol. The fraction of sp³-hybridized carbons (Fsp3) is 0.884. The van der Waals surface area contributed by atoms with Crippen LogP contribution in [0.5, 0.6) is 0 Å². The standard InChI is InChI=1S/C69H131NO5/c1-3-5-7-9-11-13-15-17-19-30-33-37-41-45-49-53-57-61-67(72)66(65-71)70-68(73)62-58-54-50-46-42-38-34-31-28-26-24-22-21-23-25-27-29-32-36-40-44-48-52-56-60-64-75-69(74)63-59-55-51-47-43-39-35-20-18-16-14-12-10-8-6-4-2/h20,22-25,35,66-67,71-72H,3-19,21,26-34,36-65H2,1-2H3,(H,70,73)/b24-22-,25-23-,35-20-. The number of nitrogens with one attached hydrogen (secondary N) is 1. The van der Waals surface area contributed by atoms with Crippen molar-refractivity contribution in [3.63, 3.8) is 0 Å². The lowest BCUT2D eigenvalue weighted by atomic mass is 10.0. The third kappa shape index (κ3) is 61.2. The number of esters is 1. The first-order valence-electron chi connectivity index (χ1n) is 33.7. The summed E-state index contributed by atoms with van der Waals surface area (Å²) in [6.07, 6.45) is 81.7. The maximum Gasteiger partial charge on any atom is 0.305 e. The number of allylic oxidation sites excluding steroid dienone is 6. The van der Waals surface area contributed by atoms with E-state index in [1.165, 1.54) is 283 Å². The van der Waals surface area contributed by atoms with Crippen LogP contribution >= 0.6 is 0 Å². The van der Waals surface area contributed by atoms with E-state index in [1.54, 1.807) is 0 Å². The molecule has 1 amide bonds. The van der Waals surface area contributed by atoms with E-state index >= 15 is 0 Å². The molecule has 442 valence electrons. The fourth-order valence-electron chi connectivity index (χ4n) is 10.5. The average Bonchev–Trinajstić information content (AvgIpc) is 3.41. The lowest BCUT2D eigenvalue weighted by molar-refractivity contribution is -0.143. The lowest BCUT2D eigenvalue weighted by Crippen LogP contribution is -2.45. The van der Waals surface area contributed by atoms with Gasteiger partial charge in [-0.1, -0.05) is 307 Å². The number of rotatable bonds is 63. The molecule has 75 heavy (non-hydrogen) atoms. The van der Waals surface area contributed by atoms with E-state index in [1.807, 2.05) is 0 Å². The van der Waals surface area contributed by atoms with E-state index in [0.29, 0.717) is 25.9 Å². The Morgan fingerprint density at radius 2 is 0.667 bits per heavy atom. The van der Waals surface area contributed by atoms with Crippen LogP contribution in [0, 0.1) is 0 Å². The highest BCUT2D eigenvalue weighted by atomic mass is 16.5. The molecule has 0 aliphatic rings. The molecule has 2 unspecified atom stereocenters. The molecule has 0 saturated carbocycles. The Hall–Kier alpha value is -1.92. The molecule has 0 rings (SSSR count). The number of hydrogen-bond donors (Lipinski definition) is 3.